The van der Waals surface area contributed by atoms with Crippen LogP contribution >= 0.6 is 0 Å². The predicted molar refractivity (Wildman–Crippen MR) is 77.7 cm³/mol. The number of aliphatic hydroxyl groups excluding tert-OH is 1. The van der Waals surface area contributed by atoms with E-state index in [1.54, 1.807) is 13.2 Å². The summed E-state index contributed by atoms with van der Waals surface area (Å²) in [5, 5.41) is 11.7. The van der Waals surface area contributed by atoms with Crippen LogP contribution in [0.15, 0.2) is 24.3 Å². The fourth-order valence-electron chi connectivity index (χ4n) is 1.74. The van der Waals surface area contributed by atoms with E-state index in [-0.39, 0.29) is 19.1 Å². The van der Waals surface area contributed by atoms with Crippen LogP contribution in [0.1, 0.15) is 11.1 Å². The fourth-order valence-corrected chi connectivity index (χ4v) is 1.74. The van der Waals surface area contributed by atoms with Crippen LogP contribution in [0, 0.1) is 6.92 Å². The molecule has 1 amide bonds. The van der Waals surface area contributed by atoms with E-state index in [0.29, 0.717) is 5.75 Å². The summed E-state index contributed by atoms with van der Waals surface area (Å²) in [4.78, 5) is 11.7. The minimum atomic E-state index is -0.406. The van der Waals surface area contributed by atoms with Crippen LogP contribution in [0.4, 0.5) is 0 Å². The van der Waals surface area contributed by atoms with E-state index in [2.05, 4.69) is 5.32 Å². The first-order chi connectivity index (χ1) is 9.60. The molecule has 5 nitrogen and oxygen atoms in total. The number of ether oxygens (including phenoxy) is 2. The van der Waals surface area contributed by atoms with E-state index >= 15 is 0 Å². The summed E-state index contributed by atoms with van der Waals surface area (Å²) in [5.41, 5.74) is 1.91. The summed E-state index contributed by atoms with van der Waals surface area (Å²) in [6, 6.07) is 5.32. The fraction of sp³-hybridized carbons (Fsp3) is 0.400. The number of carbonyl (C=O) groups excluding carboxylic acids is 1. The molecule has 0 aliphatic carbocycles. The number of carbonyl (C=O) groups is 1. The van der Waals surface area contributed by atoms with Crippen LogP contribution in [0.2, 0.25) is 0 Å². The summed E-state index contributed by atoms with van der Waals surface area (Å²) < 4.78 is 10.1. The Labute approximate surface area is 119 Å². The maximum absolute atomic E-state index is 11.7. The molecule has 1 atom stereocenters. The van der Waals surface area contributed by atoms with Gasteiger partial charge in [-0.15, -0.1) is 0 Å². The van der Waals surface area contributed by atoms with Gasteiger partial charge < -0.3 is 19.9 Å². The number of methoxy groups -OCH3 is 2. The maximum atomic E-state index is 11.7. The van der Waals surface area contributed by atoms with Crippen molar-refractivity contribution in [1.82, 2.24) is 5.32 Å². The molecule has 0 fully saturated rings. The third-order valence-corrected chi connectivity index (χ3v) is 2.73. The zero-order valence-corrected chi connectivity index (χ0v) is 12.1. The Hall–Kier alpha value is -1.85. The highest BCUT2D eigenvalue weighted by molar-refractivity contribution is 5.92. The Kier molecular flexibility index (Phi) is 6.76. The van der Waals surface area contributed by atoms with Crippen LogP contribution < -0.4 is 10.1 Å². The molecule has 5 heteroatoms. The number of amides is 1. The highest BCUT2D eigenvalue weighted by atomic mass is 16.5. The normalized spacial score (nSPS) is 12.4. The molecule has 0 bridgehead atoms. The number of aryl methyl sites for hydroxylation is 1. The lowest BCUT2D eigenvalue weighted by Crippen LogP contribution is -2.39. The molecular formula is C15H21NO4. The van der Waals surface area contributed by atoms with Crippen molar-refractivity contribution in [3.63, 3.8) is 0 Å². The number of rotatable bonds is 7. The Morgan fingerprint density at radius 1 is 1.45 bits per heavy atom. The molecule has 1 aromatic carbocycles. The molecule has 110 valence electrons. The molecule has 0 saturated carbocycles. The summed E-state index contributed by atoms with van der Waals surface area (Å²) in [6.45, 7) is 2.07. The van der Waals surface area contributed by atoms with Crippen molar-refractivity contribution in [2.45, 2.75) is 13.0 Å². The molecule has 2 N–H and O–H groups in total. The molecule has 0 radical (unpaired) electrons. The minimum Gasteiger partial charge on any atom is -0.496 e. The van der Waals surface area contributed by atoms with Crippen LogP contribution in [0.5, 0.6) is 5.75 Å². The zero-order chi connectivity index (χ0) is 15.0. The summed E-state index contributed by atoms with van der Waals surface area (Å²) in [5.74, 6) is 0.417. The molecule has 0 spiro atoms. The second-order valence-corrected chi connectivity index (χ2v) is 4.42. The Morgan fingerprint density at radius 3 is 2.80 bits per heavy atom. The Bertz CT molecular complexity index is 471. The van der Waals surface area contributed by atoms with E-state index in [1.165, 1.54) is 13.2 Å². The third-order valence-electron chi connectivity index (χ3n) is 2.73. The van der Waals surface area contributed by atoms with E-state index in [4.69, 9.17) is 14.6 Å². The van der Waals surface area contributed by atoms with Crippen LogP contribution in [0.3, 0.4) is 0 Å². The van der Waals surface area contributed by atoms with Gasteiger partial charge in [0.1, 0.15) is 5.75 Å². The number of aliphatic hydroxyl groups is 1. The Morgan fingerprint density at radius 2 is 2.20 bits per heavy atom. The van der Waals surface area contributed by atoms with Crippen molar-refractivity contribution >= 4 is 12.0 Å². The first-order valence-corrected chi connectivity index (χ1v) is 6.33. The topological polar surface area (TPSA) is 67.8 Å². The van der Waals surface area contributed by atoms with Crippen molar-refractivity contribution in [2.24, 2.45) is 0 Å². The molecule has 0 saturated heterocycles. The van der Waals surface area contributed by atoms with Gasteiger partial charge in [-0.05, 0) is 25.1 Å². The molecular weight excluding hydrogens is 258 g/mol. The second-order valence-electron chi connectivity index (χ2n) is 4.42. The van der Waals surface area contributed by atoms with Crippen LogP contribution in [-0.4, -0.2) is 44.5 Å². The van der Waals surface area contributed by atoms with Gasteiger partial charge in [-0.25, -0.2) is 0 Å². The molecule has 0 heterocycles. The average Bonchev–Trinajstić information content (AvgIpc) is 2.44. The summed E-state index contributed by atoms with van der Waals surface area (Å²) in [6.07, 6.45) is 3.10. The van der Waals surface area contributed by atoms with Crippen molar-refractivity contribution in [1.29, 1.82) is 0 Å². The highest BCUT2D eigenvalue weighted by Gasteiger charge is 2.08. The van der Waals surface area contributed by atoms with Gasteiger partial charge in [-0.2, -0.15) is 0 Å². The van der Waals surface area contributed by atoms with Crippen molar-refractivity contribution in [3.05, 3.63) is 35.4 Å². The monoisotopic (exact) mass is 279 g/mol. The van der Waals surface area contributed by atoms with E-state index in [1.807, 2.05) is 25.1 Å². The second kappa shape index (κ2) is 8.35. The van der Waals surface area contributed by atoms with Gasteiger partial charge in [-0.3, -0.25) is 4.79 Å². The highest BCUT2D eigenvalue weighted by Crippen LogP contribution is 2.20. The first kappa shape index (κ1) is 16.2. The van der Waals surface area contributed by atoms with E-state index < -0.39 is 6.04 Å². The number of benzene rings is 1. The average molecular weight is 279 g/mol. The molecule has 1 rings (SSSR count). The SMILES string of the molecule is COCC(CO)NC(=O)/C=C/c1cc(C)ccc1OC. The van der Waals surface area contributed by atoms with Crippen LogP contribution in [0.25, 0.3) is 6.08 Å². The third kappa shape index (κ3) is 5.03. The van der Waals surface area contributed by atoms with Crippen LogP contribution in [-0.2, 0) is 9.53 Å². The zero-order valence-electron chi connectivity index (χ0n) is 12.1. The summed E-state index contributed by atoms with van der Waals surface area (Å²) >= 11 is 0. The Balaban J connectivity index is 2.72. The van der Waals surface area contributed by atoms with E-state index in [0.717, 1.165) is 11.1 Å². The van der Waals surface area contributed by atoms with Crippen molar-refractivity contribution in [2.75, 3.05) is 27.4 Å². The van der Waals surface area contributed by atoms with Gasteiger partial charge in [0, 0.05) is 18.7 Å². The first-order valence-electron chi connectivity index (χ1n) is 6.33. The largest absolute Gasteiger partial charge is 0.496 e. The molecule has 0 aliphatic rings. The number of hydrogen-bond donors (Lipinski definition) is 2. The van der Waals surface area contributed by atoms with E-state index in [9.17, 15) is 4.79 Å². The van der Waals surface area contributed by atoms with Crippen molar-refractivity contribution < 1.29 is 19.4 Å². The molecule has 1 aromatic rings. The standard InChI is InChI=1S/C15H21NO4/c1-11-4-6-14(20-3)12(8-11)5-7-15(18)16-13(9-17)10-19-2/h4-8,13,17H,9-10H2,1-3H3,(H,16,18)/b7-5+. The lowest BCUT2D eigenvalue weighted by atomic mass is 10.1. The quantitative estimate of drug-likeness (QED) is 0.735. The molecule has 0 aliphatic heterocycles. The van der Waals surface area contributed by atoms with Gasteiger partial charge in [0.25, 0.3) is 0 Å². The van der Waals surface area contributed by atoms with Crippen molar-refractivity contribution in [3.8, 4) is 5.75 Å². The van der Waals surface area contributed by atoms with Gasteiger partial charge in [0.05, 0.1) is 26.4 Å². The molecule has 1 unspecified atom stereocenters. The molecule has 20 heavy (non-hydrogen) atoms. The molecule has 0 aromatic heterocycles. The predicted octanol–water partition coefficient (Wildman–Crippen LogP) is 1.14. The lowest BCUT2D eigenvalue weighted by Gasteiger charge is -2.13. The minimum absolute atomic E-state index is 0.165. The van der Waals surface area contributed by atoms with Gasteiger partial charge in [0.15, 0.2) is 0 Å². The van der Waals surface area contributed by atoms with Gasteiger partial charge >= 0.3 is 0 Å². The number of hydrogen-bond acceptors (Lipinski definition) is 4. The number of nitrogens with one attached hydrogen (secondary N) is 1. The smallest absolute Gasteiger partial charge is 0.244 e. The lowest BCUT2D eigenvalue weighted by molar-refractivity contribution is -0.117. The van der Waals surface area contributed by atoms with Gasteiger partial charge in [-0.1, -0.05) is 11.6 Å². The maximum Gasteiger partial charge on any atom is 0.244 e. The van der Waals surface area contributed by atoms with Gasteiger partial charge in [0.2, 0.25) is 5.91 Å². The summed E-state index contributed by atoms with van der Waals surface area (Å²) in [7, 11) is 3.10.